The molecule has 2 rings (SSSR count). The van der Waals surface area contributed by atoms with Gasteiger partial charge in [0.25, 0.3) is 0 Å². The van der Waals surface area contributed by atoms with Crippen LogP contribution in [0, 0.1) is 6.92 Å². The summed E-state index contributed by atoms with van der Waals surface area (Å²) in [6, 6.07) is 5.79. The Morgan fingerprint density at radius 1 is 1.47 bits per heavy atom. The number of carbonyl (C=O) groups is 1. The lowest BCUT2D eigenvalue weighted by Gasteiger charge is -2.34. The summed E-state index contributed by atoms with van der Waals surface area (Å²) in [6.07, 6.45) is 0.546. The molecular formula is C12H14BrNO3. The highest BCUT2D eigenvalue weighted by Crippen LogP contribution is 2.34. The first-order valence-electron chi connectivity index (χ1n) is 5.37. The molecule has 5 heteroatoms. The maximum atomic E-state index is 11.8. The lowest BCUT2D eigenvalue weighted by Crippen LogP contribution is -2.48. The summed E-state index contributed by atoms with van der Waals surface area (Å²) in [5, 5.41) is 0. The molecule has 0 saturated carbocycles. The van der Waals surface area contributed by atoms with Crippen molar-refractivity contribution >= 4 is 21.8 Å². The van der Waals surface area contributed by atoms with Crippen molar-refractivity contribution in [2.24, 2.45) is 5.73 Å². The van der Waals surface area contributed by atoms with Crippen LogP contribution in [-0.2, 0) is 20.0 Å². The molecule has 0 radical (unpaired) electrons. The predicted molar refractivity (Wildman–Crippen MR) is 66.3 cm³/mol. The van der Waals surface area contributed by atoms with Crippen molar-refractivity contribution in [1.82, 2.24) is 0 Å². The van der Waals surface area contributed by atoms with Crippen LogP contribution in [0.1, 0.15) is 17.5 Å². The molecule has 0 aromatic heterocycles. The first-order valence-corrected chi connectivity index (χ1v) is 6.16. The quantitative estimate of drug-likeness (QED) is 0.848. The van der Waals surface area contributed by atoms with E-state index in [1.54, 1.807) is 0 Å². The van der Waals surface area contributed by atoms with Gasteiger partial charge in [0.2, 0.25) is 5.91 Å². The monoisotopic (exact) mass is 299 g/mol. The predicted octanol–water partition coefficient (Wildman–Crippen LogP) is 1.83. The molecule has 1 atom stereocenters. The maximum Gasteiger partial charge on any atom is 0.230 e. The molecule has 92 valence electrons. The van der Waals surface area contributed by atoms with Crippen LogP contribution in [0.3, 0.4) is 0 Å². The molecule has 2 N–H and O–H groups in total. The summed E-state index contributed by atoms with van der Waals surface area (Å²) in [6.45, 7) is 2.50. The highest BCUT2D eigenvalue weighted by molar-refractivity contribution is 9.10. The Morgan fingerprint density at radius 3 is 2.76 bits per heavy atom. The molecule has 1 saturated heterocycles. The summed E-state index contributed by atoms with van der Waals surface area (Å²) >= 11 is 3.40. The minimum atomic E-state index is -0.775. The van der Waals surface area contributed by atoms with Crippen LogP contribution in [-0.4, -0.2) is 19.1 Å². The van der Waals surface area contributed by atoms with Gasteiger partial charge < -0.3 is 5.73 Å². The smallest absolute Gasteiger partial charge is 0.230 e. The van der Waals surface area contributed by atoms with Gasteiger partial charge in [-0.15, -0.1) is 0 Å². The lowest BCUT2D eigenvalue weighted by molar-refractivity contribution is -0.325. The Labute approximate surface area is 108 Å². The maximum absolute atomic E-state index is 11.8. The van der Waals surface area contributed by atoms with Crippen molar-refractivity contribution < 1.29 is 14.6 Å². The Balaban J connectivity index is 2.49. The van der Waals surface area contributed by atoms with Crippen LogP contribution < -0.4 is 5.73 Å². The van der Waals surface area contributed by atoms with E-state index < -0.39 is 5.41 Å². The highest BCUT2D eigenvalue weighted by atomic mass is 79.9. The molecule has 1 fully saturated rings. The van der Waals surface area contributed by atoms with Gasteiger partial charge in [-0.2, -0.15) is 0 Å². The molecule has 4 nitrogen and oxygen atoms in total. The minimum Gasteiger partial charge on any atom is -0.369 e. The van der Waals surface area contributed by atoms with E-state index in [0.29, 0.717) is 13.0 Å². The number of nitrogens with two attached hydrogens (primary N) is 1. The van der Waals surface area contributed by atoms with Crippen molar-refractivity contribution in [3.63, 3.8) is 0 Å². The van der Waals surface area contributed by atoms with Gasteiger partial charge in [0.05, 0.1) is 6.61 Å². The molecule has 0 aliphatic carbocycles. The molecular weight excluding hydrogens is 286 g/mol. The number of benzene rings is 1. The third-order valence-electron chi connectivity index (χ3n) is 3.18. The van der Waals surface area contributed by atoms with Gasteiger partial charge in [-0.3, -0.25) is 4.79 Å². The second-order valence-corrected chi connectivity index (χ2v) is 5.16. The molecule has 1 aliphatic heterocycles. The van der Waals surface area contributed by atoms with Crippen LogP contribution in [0.25, 0.3) is 0 Å². The SMILES string of the molecule is Cc1cc(Br)ccc1C1(C(N)=O)CCOOC1. The molecule has 1 amide bonds. The number of halogens is 1. The van der Waals surface area contributed by atoms with Crippen LogP contribution in [0.2, 0.25) is 0 Å². The van der Waals surface area contributed by atoms with E-state index in [-0.39, 0.29) is 12.5 Å². The van der Waals surface area contributed by atoms with Crippen molar-refractivity contribution in [3.8, 4) is 0 Å². The second-order valence-electron chi connectivity index (χ2n) is 4.24. The van der Waals surface area contributed by atoms with E-state index >= 15 is 0 Å². The topological polar surface area (TPSA) is 61.6 Å². The van der Waals surface area contributed by atoms with Crippen molar-refractivity contribution in [3.05, 3.63) is 33.8 Å². The molecule has 1 aromatic rings. The molecule has 17 heavy (non-hydrogen) atoms. The van der Waals surface area contributed by atoms with E-state index in [0.717, 1.165) is 15.6 Å². The number of aryl methyl sites for hydroxylation is 1. The van der Waals surface area contributed by atoms with Crippen molar-refractivity contribution in [2.75, 3.05) is 13.2 Å². The molecule has 1 aromatic carbocycles. The molecule has 1 unspecified atom stereocenters. The average Bonchev–Trinajstić information content (AvgIpc) is 2.29. The highest BCUT2D eigenvalue weighted by Gasteiger charge is 2.42. The van der Waals surface area contributed by atoms with E-state index in [1.807, 2.05) is 25.1 Å². The summed E-state index contributed by atoms with van der Waals surface area (Å²) in [5.41, 5.74) is 6.71. The largest absolute Gasteiger partial charge is 0.369 e. The Kier molecular flexibility index (Phi) is 3.51. The fourth-order valence-corrected chi connectivity index (χ4v) is 2.67. The molecule has 1 aliphatic rings. The summed E-state index contributed by atoms with van der Waals surface area (Å²) in [7, 11) is 0. The number of hydrogen-bond acceptors (Lipinski definition) is 3. The third kappa shape index (κ3) is 2.22. The van der Waals surface area contributed by atoms with Gasteiger partial charge in [-0.1, -0.05) is 22.0 Å². The lowest BCUT2D eigenvalue weighted by atomic mass is 9.75. The first kappa shape index (κ1) is 12.5. The number of carbonyl (C=O) groups excluding carboxylic acids is 1. The Hall–Kier alpha value is -0.910. The van der Waals surface area contributed by atoms with Gasteiger partial charge in [-0.25, -0.2) is 9.78 Å². The van der Waals surface area contributed by atoms with Gasteiger partial charge in [0.1, 0.15) is 12.0 Å². The standard InChI is InChI=1S/C12H14BrNO3/c1-8-6-9(13)2-3-10(8)12(11(14)15)4-5-16-17-7-12/h2-3,6H,4-5,7H2,1H3,(H2,14,15). The first-order chi connectivity index (χ1) is 8.06. The van der Waals surface area contributed by atoms with Gasteiger partial charge in [0.15, 0.2) is 0 Å². The summed E-state index contributed by atoms with van der Waals surface area (Å²) < 4.78 is 0.978. The molecule has 0 spiro atoms. The number of primary amides is 1. The fraction of sp³-hybridized carbons (Fsp3) is 0.417. The summed E-state index contributed by atoms with van der Waals surface area (Å²) in [4.78, 5) is 21.6. The van der Waals surface area contributed by atoms with Gasteiger partial charge in [0, 0.05) is 4.47 Å². The van der Waals surface area contributed by atoms with E-state index in [2.05, 4.69) is 15.9 Å². The van der Waals surface area contributed by atoms with Crippen molar-refractivity contribution in [1.29, 1.82) is 0 Å². The van der Waals surface area contributed by atoms with Gasteiger partial charge in [-0.05, 0) is 36.6 Å². The number of amides is 1. The van der Waals surface area contributed by atoms with Crippen LogP contribution in [0.5, 0.6) is 0 Å². The second kappa shape index (κ2) is 4.76. The molecule has 1 heterocycles. The Morgan fingerprint density at radius 2 is 2.24 bits per heavy atom. The minimum absolute atomic E-state index is 0.171. The van der Waals surface area contributed by atoms with Crippen LogP contribution in [0.4, 0.5) is 0 Å². The third-order valence-corrected chi connectivity index (χ3v) is 3.67. The van der Waals surface area contributed by atoms with Gasteiger partial charge >= 0.3 is 0 Å². The van der Waals surface area contributed by atoms with Crippen LogP contribution >= 0.6 is 15.9 Å². The zero-order valence-corrected chi connectivity index (χ0v) is 11.1. The number of hydrogen-bond donors (Lipinski definition) is 1. The zero-order valence-electron chi connectivity index (χ0n) is 9.53. The number of rotatable bonds is 2. The average molecular weight is 300 g/mol. The van der Waals surface area contributed by atoms with E-state index in [9.17, 15) is 4.79 Å². The van der Waals surface area contributed by atoms with E-state index in [1.165, 1.54) is 0 Å². The molecule has 0 bridgehead atoms. The zero-order chi connectivity index (χ0) is 12.5. The normalized spacial score (nSPS) is 24.6. The van der Waals surface area contributed by atoms with E-state index in [4.69, 9.17) is 15.5 Å². The summed E-state index contributed by atoms with van der Waals surface area (Å²) in [5.74, 6) is -0.369. The Bertz CT molecular complexity index is 441. The fourth-order valence-electron chi connectivity index (χ4n) is 2.19. The van der Waals surface area contributed by atoms with Crippen molar-refractivity contribution in [2.45, 2.75) is 18.8 Å². The van der Waals surface area contributed by atoms with Crippen LogP contribution in [0.15, 0.2) is 22.7 Å².